The van der Waals surface area contributed by atoms with Gasteiger partial charge in [-0.15, -0.1) is 23.1 Å². The third kappa shape index (κ3) is 2.98. The second-order valence-electron chi connectivity index (χ2n) is 4.34. The number of nitrogens with one attached hydrogen (secondary N) is 1. The maximum atomic E-state index is 12.2. The van der Waals surface area contributed by atoms with Gasteiger partial charge in [0.25, 0.3) is 5.91 Å². The van der Waals surface area contributed by atoms with Crippen LogP contribution in [0.4, 0.5) is 0 Å². The van der Waals surface area contributed by atoms with Crippen LogP contribution in [0.5, 0.6) is 0 Å². The molecule has 2 heterocycles. The van der Waals surface area contributed by atoms with Crippen molar-refractivity contribution < 1.29 is 4.79 Å². The van der Waals surface area contributed by atoms with Gasteiger partial charge in [-0.25, -0.2) is 0 Å². The number of fused-ring (bicyclic) bond motifs is 1. The molecular weight excluding hydrogens is 389 g/mol. The zero-order valence-electron chi connectivity index (χ0n) is 10.1. The number of benzene rings is 1. The molecule has 1 unspecified atom stereocenters. The highest BCUT2D eigenvalue weighted by molar-refractivity contribution is 14.1. The SMILES string of the molecule is O=C(NC1CCSc2ccccc21)c1csc(I)c1. The van der Waals surface area contributed by atoms with Gasteiger partial charge in [-0.1, -0.05) is 18.2 Å². The molecule has 1 aromatic carbocycles. The fourth-order valence-electron chi connectivity index (χ4n) is 2.16. The summed E-state index contributed by atoms with van der Waals surface area (Å²) >= 11 is 5.71. The highest BCUT2D eigenvalue weighted by Gasteiger charge is 2.22. The lowest BCUT2D eigenvalue weighted by molar-refractivity contribution is 0.0935. The molecule has 1 atom stereocenters. The van der Waals surface area contributed by atoms with Crippen molar-refractivity contribution in [2.45, 2.75) is 17.4 Å². The summed E-state index contributed by atoms with van der Waals surface area (Å²) in [6, 6.07) is 10.4. The van der Waals surface area contributed by atoms with Crippen molar-refractivity contribution in [1.29, 1.82) is 0 Å². The molecule has 0 saturated heterocycles. The molecule has 1 aliphatic rings. The molecule has 0 saturated carbocycles. The van der Waals surface area contributed by atoms with E-state index in [0.717, 1.165) is 20.6 Å². The Bertz CT molecular complexity index is 611. The van der Waals surface area contributed by atoms with Crippen molar-refractivity contribution in [3.8, 4) is 0 Å². The molecule has 2 nitrogen and oxygen atoms in total. The van der Waals surface area contributed by atoms with Crippen molar-refractivity contribution in [1.82, 2.24) is 5.32 Å². The highest BCUT2D eigenvalue weighted by Crippen LogP contribution is 2.36. The van der Waals surface area contributed by atoms with Crippen molar-refractivity contribution in [3.63, 3.8) is 0 Å². The smallest absolute Gasteiger partial charge is 0.252 e. The number of hydrogen-bond acceptors (Lipinski definition) is 3. The summed E-state index contributed by atoms with van der Waals surface area (Å²) in [5.74, 6) is 1.09. The average Bonchev–Trinajstić information content (AvgIpc) is 2.86. The predicted octanol–water partition coefficient (Wildman–Crippen LogP) is 4.32. The van der Waals surface area contributed by atoms with Crippen LogP contribution in [-0.2, 0) is 0 Å². The third-order valence-electron chi connectivity index (χ3n) is 3.09. The van der Waals surface area contributed by atoms with Crippen LogP contribution in [0.2, 0.25) is 0 Å². The normalized spacial score (nSPS) is 17.8. The van der Waals surface area contributed by atoms with Crippen molar-refractivity contribution in [3.05, 3.63) is 49.7 Å². The number of rotatable bonds is 2. The highest BCUT2D eigenvalue weighted by atomic mass is 127. The van der Waals surface area contributed by atoms with E-state index in [9.17, 15) is 4.79 Å². The second-order valence-corrected chi connectivity index (χ2v) is 8.28. The largest absolute Gasteiger partial charge is 0.345 e. The van der Waals surface area contributed by atoms with Gasteiger partial charge in [-0.2, -0.15) is 0 Å². The summed E-state index contributed by atoms with van der Waals surface area (Å²) in [6.07, 6.45) is 0.995. The summed E-state index contributed by atoms with van der Waals surface area (Å²) in [6.45, 7) is 0. The van der Waals surface area contributed by atoms with Gasteiger partial charge in [-0.3, -0.25) is 4.79 Å². The van der Waals surface area contributed by atoms with Crippen LogP contribution >= 0.6 is 45.7 Å². The second kappa shape index (κ2) is 5.85. The number of thioether (sulfide) groups is 1. The minimum atomic E-state index is 0.0332. The lowest BCUT2D eigenvalue weighted by Gasteiger charge is -2.25. The summed E-state index contributed by atoms with van der Waals surface area (Å²) in [4.78, 5) is 13.5. The first-order valence-electron chi connectivity index (χ1n) is 6.00. The van der Waals surface area contributed by atoms with E-state index in [0.29, 0.717) is 0 Å². The zero-order valence-corrected chi connectivity index (χ0v) is 13.8. The van der Waals surface area contributed by atoms with E-state index < -0.39 is 0 Å². The first-order valence-corrected chi connectivity index (χ1v) is 8.95. The average molecular weight is 401 g/mol. The lowest BCUT2D eigenvalue weighted by Crippen LogP contribution is -2.30. The number of amides is 1. The summed E-state index contributed by atoms with van der Waals surface area (Å²) in [5.41, 5.74) is 2.02. The molecule has 1 N–H and O–H groups in total. The van der Waals surface area contributed by atoms with Gasteiger partial charge in [0.15, 0.2) is 0 Å². The first kappa shape index (κ1) is 13.5. The molecule has 1 aromatic heterocycles. The van der Waals surface area contributed by atoms with E-state index in [1.807, 2.05) is 29.3 Å². The van der Waals surface area contributed by atoms with Crippen LogP contribution in [0.1, 0.15) is 28.4 Å². The van der Waals surface area contributed by atoms with E-state index in [2.05, 4.69) is 46.1 Å². The minimum absolute atomic E-state index is 0.0332. The van der Waals surface area contributed by atoms with E-state index in [4.69, 9.17) is 0 Å². The Morgan fingerprint density at radius 3 is 3.00 bits per heavy atom. The van der Waals surface area contributed by atoms with E-state index in [1.165, 1.54) is 10.5 Å². The summed E-state index contributed by atoms with van der Waals surface area (Å²) in [5, 5.41) is 5.07. The Hall–Kier alpha value is -0.530. The molecule has 0 spiro atoms. The summed E-state index contributed by atoms with van der Waals surface area (Å²) < 4.78 is 1.14. The van der Waals surface area contributed by atoms with Gasteiger partial charge in [0.05, 0.1) is 14.5 Å². The van der Waals surface area contributed by atoms with E-state index >= 15 is 0 Å². The molecule has 5 heteroatoms. The molecule has 0 aliphatic carbocycles. The molecule has 2 aromatic rings. The molecule has 0 radical (unpaired) electrons. The Morgan fingerprint density at radius 2 is 2.21 bits per heavy atom. The maximum absolute atomic E-state index is 12.2. The van der Waals surface area contributed by atoms with Crippen LogP contribution in [-0.4, -0.2) is 11.7 Å². The fourth-order valence-corrected chi connectivity index (χ4v) is 4.61. The lowest BCUT2D eigenvalue weighted by atomic mass is 10.0. The van der Waals surface area contributed by atoms with Gasteiger partial charge in [0, 0.05) is 16.0 Å². The molecule has 3 rings (SSSR count). The minimum Gasteiger partial charge on any atom is -0.345 e. The van der Waals surface area contributed by atoms with Crippen LogP contribution in [0.3, 0.4) is 0 Å². The molecule has 98 valence electrons. The topological polar surface area (TPSA) is 29.1 Å². The van der Waals surface area contributed by atoms with Crippen LogP contribution in [0, 0.1) is 2.88 Å². The third-order valence-corrected chi connectivity index (χ3v) is 6.01. The Balaban J connectivity index is 1.79. The summed E-state index contributed by atoms with van der Waals surface area (Å²) in [7, 11) is 0. The quantitative estimate of drug-likeness (QED) is 0.760. The number of halogens is 1. The molecule has 1 amide bonds. The van der Waals surface area contributed by atoms with Crippen molar-refractivity contribution in [2.24, 2.45) is 0 Å². The predicted molar refractivity (Wildman–Crippen MR) is 89.0 cm³/mol. The van der Waals surface area contributed by atoms with Gasteiger partial charge >= 0.3 is 0 Å². The number of carbonyl (C=O) groups is 1. The van der Waals surface area contributed by atoms with Crippen LogP contribution < -0.4 is 5.32 Å². The van der Waals surface area contributed by atoms with E-state index in [1.54, 1.807) is 11.3 Å². The van der Waals surface area contributed by atoms with Gasteiger partial charge in [-0.05, 0) is 46.7 Å². The molecule has 0 fully saturated rings. The zero-order chi connectivity index (χ0) is 13.2. The van der Waals surface area contributed by atoms with Crippen molar-refractivity contribution in [2.75, 3.05) is 5.75 Å². The van der Waals surface area contributed by atoms with Gasteiger partial charge in [0.1, 0.15) is 0 Å². The Labute approximate surface area is 134 Å². The van der Waals surface area contributed by atoms with Gasteiger partial charge < -0.3 is 5.32 Å². The molecule has 1 aliphatic heterocycles. The standard InChI is InChI=1S/C14H12INOS2/c15-13-7-9(8-19-13)14(17)16-11-5-6-18-12-4-2-1-3-10(11)12/h1-4,7-8,11H,5-6H2,(H,16,17). The molecule has 0 bridgehead atoms. The number of thiophene rings is 1. The van der Waals surface area contributed by atoms with Crippen LogP contribution in [0.15, 0.2) is 40.6 Å². The first-order chi connectivity index (χ1) is 9.24. The monoisotopic (exact) mass is 401 g/mol. The molecule has 19 heavy (non-hydrogen) atoms. The Kier molecular flexibility index (Phi) is 4.14. The van der Waals surface area contributed by atoms with Gasteiger partial charge in [0.2, 0.25) is 0 Å². The fraction of sp³-hybridized carbons (Fsp3) is 0.214. The van der Waals surface area contributed by atoms with Crippen molar-refractivity contribution >= 4 is 51.6 Å². The molecular formula is C14H12INOS2. The number of carbonyl (C=O) groups excluding carboxylic acids is 1. The van der Waals surface area contributed by atoms with Crippen LogP contribution in [0.25, 0.3) is 0 Å². The van der Waals surface area contributed by atoms with E-state index in [-0.39, 0.29) is 11.9 Å². The number of hydrogen-bond donors (Lipinski definition) is 1. The maximum Gasteiger partial charge on any atom is 0.252 e. The Morgan fingerprint density at radius 1 is 1.37 bits per heavy atom.